The highest BCUT2D eigenvalue weighted by Crippen LogP contribution is 2.38. The van der Waals surface area contributed by atoms with Crippen LogP contribution in [-0.2, 0) is 18.4 Å². The summed E-state index contributed by atoms with van der Waals surface area (Å²) in [5.74, 6) is 0.0973. The van der Waals surface area contributed by atoms with Gasteiger partial charge in [0, 0.05) is 17.4 Å². The molecule has 0 atom stereocenters. The summed E-state index contributed by atoms with van der Waals surface area (Å²) in [7, 11) is 0. The number of alkyl halides is 3. The van der Waals surface area contributed by atoms with E-state index in [1.807, 2.05) is 36.4 Å². The largest absolute Gasteiger partial charge is 0.417 e. The molecule has 0 saturated carbocycles. The molecule has 0 saturated heterocycles. The molecule has 4 nitrogen and oxygen atoms in total. The highest BCUT2D eigenvalue weighted by atomic mass is 19.4. The average molecular weight is 452 g/mol. The average Bonchev–Trinajstić information content (AvgIpc) is 3.25. The monoisotopic (exact) mass is 452 g/mol. The number of hydrogen-bond donors (Lipinski definition) is 2. The standard InChI is InChI=1S/C26H23F3N2O2/c1-25(2,33)23-15-31(24(30-23)21-5-3-4-6-22(21)26(27,28)29)20-13-11-19(12-14-20)18-9-7-17(16-32)8-10-18/h3-15,32-33H,16H2,1-2H3. The van der Waals surface area contributed by atoms with Crippen molar-refractivity contribution in [3.05, 3.63) is 95.8 Å². The van der Waals surface area contributed by atoms with Gasteiger partial charge in [-0.1, -0.05) is 54.6 Å². The minimum Gasteiger partial charge on any atom is -0.392 e. The van der Waals surface area contributed by atoms with Gasteiger partial charge in [-0.05, 0) is 48.7 Å². The molecular weight excluding hydrogens is 429 g/mol. The van der Waals surface area contributed by atoms with Crippen molar-refractivity contribution in [2.75, 3.05) is 0 Å². The Bertz CT molecular complexity index is 1250. The summed E-state index contributed by atoms with van der Waals surface area (Å²) in [4.78, 5) is 4.39. The van der Waals surface area contributed by atoms with E-state index in [1.54, 1.807) is 22.9 Å². The molecule has 2 N–H and O–H groups in total. The van der Waals surface area contributed by atoms with Gasteiger partial charge in [0.1, 0.15) is 11.4 Å². The number of benzene rings is 3. The van der Waals surface area contributed by atoms with Crippen molar-refractivity contribution in [2.24, 2.45) is 0 Å². The van der Waals surface area contributed by atoms with Gasteiger partial charge < -0.3 is 10.2 Å². The van der Waals surface area contributed by atoms with Crippen LogP contribution in [0.25, 0.3) is 28.2 Å². The van der Waals surface area contributed by atoms with Crippen molar-refractivity contribution in [3.8, 4) is 28.2 Å². The number of imidazole rings is 1. The summed E-state index contributed by atoms with van der Waals surface area (Å²) >= 11 is 0. The molecule has 0 amide bonds. The lowest BCUT2D eigenvalue weighted by Gasteiger charge is -2.14. The predicted molar refractivity (Wildman–Crippen MR) is 121 cm³/mol. The zero-order chi connectivity index (χ0) is 23.8. The number of rotatable bonds is 5. The summed E-state index contributed by atoms with van der Waals surface area (Å²) in [6, 6.07) is 20.1. The van der Waals surface area contributed by atoms with Crippen LogP contribution < -0.4 is 0 Å². The number of halogens is 3. The molecule has 0 radical (unpaired) electrons. The van der Waals surface area contributed by atoms with E-state index < -0.39 is 17.3 Å². The summed E-state index contributed by atoms with van der Waals surface area (Å²) in [5.41, 5.74) is 1.36. The Kier molecular flexibility index (Phi) is 5.86. The lowest BCUT2D eigenvalue weighted by atomic mass is 10.0. The predicted octanol–water partition coefficient (Wildman–Crippen LogP) is 5.94. The van der Waals surface area contributed by atoms with Crippen LogP contribution in [0.1, 0.15) is 30.7 Å². The first-order valence-electron chi connectivity index (χ1n) is 10.4. The topological polar surface area (TPSA) is 58.3 Å². The minimum atomic E-state index is -4.55. The van der Waals surface area contributed by atoms with Crippen molar-refractivity contribution in [1.29, 1.82) is 0 Å². The molecular formula is C26H23F3N2O2. The molecule has 33 heavy (non-hydrogen) atoms. The van der Waals surface area contributed by atoms with Crippen molar-refractivity contribution >= 4 is 0 Å². The van der Waals surface area contributed by atoms with Gasteiger partial charge in [-0.2, -0.15) is 13.2 Å². The lowest BCUT2D eigenvalue weighted by molar-refractivity contribution is -0.137. The fraction of sp³-hybridized carbons (Fsp3) is 0.192. The molecule has 1 heterocycles. The molecule has 0 aliphatic rings. The van der Waals surface area contributed by atoms with Crippen molar-refractivity contribution in [1.82, 2.24) is 9.55 Å². The van der Waals surface area contributed by atoms with Crippen LogP contribution >= 0.6 is 0 Å². The molecule has 7 heteroatoms. The molecule has 0 aliphatic carbocycles. The molecule has 0 fully saturated rings. The molecule has 0 bridgehead atoms. The fourth-order valence-electron chi connectivity index (χ4n) is 3.60. The van der Waals surface area contributed by atoms with Crippen LogP contribution in [-0.4, -0.2) is 19.8 Å². The van der Waals surface area contributed by atoms with Gasteiger partial charge in [0.25, 0.3) is 0 Å². The molecule has 4 rings (SSSR count). The number of aliphatic hydroxyl groups is 2. The third kappa shape index (κ3) is 4.69. The van der Waals surface area contributed by atoms with Gasteiger partial charge >= 0.3 is 6.18 Å². The molecule has 0 aliphatic heterocycles. The summed E-state index contributed by atoms with van der Waals surface area (Å²) < 4.78 is 42.7. The Morgan fingerprint density at radius 3 is 1.97 bits per heavy atom. The number of nitrogens with zero attached hydrogens (tertiary/aromatic N) is 2. The van der Waals surface area contributed by atoms with Gasteiger partial charge in [0.15, 0.2) is 0 Å². The first-order chi connectivity index (χ1) is 15.6. The molecule has 0 unspecified atom stereocenters. The van der Waals surface area contributed by atoms with Crippen molar-refractivity contribution in [2.45, 2.75) is 32.2 Å². The van der Waals surface area contributed by atoms with Crippen LogP contribution in [0, 0.1) is 0 Å². The lowest BCUT2D eigenvalue weighted by Crippen LogP contribution is -2.15. The van der Waals surface area contributed by atoms with Gasteiger partial charge in [-0.25, -0.2) is 4.98 Å². The second kappa shape index (κ2) is 8.50. The van der Waals surface area contributed by atoms with E-state index in [4.69, 9.17) is 0 Å². The highest BCUT2D eigenvalue weighted by Gasteiger charge is 2.35. The Labute approximate surface area is 189 Å². The molecule has 4 aromatic rings. The maximum Gasteiger partial charge on any atom is 0.417 e. The molecule has 3 aromatic carbocycles. The molecule has 1 aromatic heterocycles. The SMILES string of the molecule is CC(C)(O)c1cn(-c2ccc(-c3ccc(CO)cc3)cc2)c(-c2ccccc2C(F)(F)F)n1. The Hall–Kier alpha value is -3.42. The van der Waals surface area contributed by atoms with E-state index in [0.29, 0.717) is 5.69 Å². The van der Waals surface area contributed by atoms with Crippen molar-refractivity contribution < 1.29 is 23.4 Å². The van der Waals surface area contributed by atoms with Crippen LogP contribution in [0.5, 0.6) is 0 Å². The van der Waals surface area contributed by atoms with E-state index in [-0.39, 0.29) is 23.7 Å². The van der Waals surface area contributed by atoms with Crippen LogP contribution in [0.15, 0.2) is 79.0 Å². The van der Waals surface area contributed by atoms with Gasteiger partial charge in [0.05, 0.1) is 17.9 Å². The number of aliphatic hydroxyl groups excluding tert-OH is 1. The zero-order valence-corrected chi connectivity index (χ0v) is 18.1. The third-order valence-corrected chi connectivity index (χ3v) is 5.42. The highest BCUT2D eigenvalue weighted by molar-refractivity contribution is 5.68. The van der Waals surface area contributed by atoms with E-state index in [0.717, 1.165) is 22.8 Å². The molecule has 170 valence electrons. The van der Waals surface area contributed by atoms with Crippen LogP contribution in [0.4, 0.5) is 13.2 Å². The van der Waals surface area contributed by atoms with Crippen molar-refractivity contribution in [3.63, 3.8) is 0 Å². The van der Waals surface area contributed by atoms with E-state index in [2.05, 4.69) is 4.98 Å². The van der Waals surface area contributed by atoms with E-state index >= 15 is 0 Å². The number of aromatic nitrogens is 2. The maximum absolute atomic E-state index is 13.7. The summed E-state index contributed by atoms with van der Waals surface area (Å²) in [6.07, 6.45) is -2.99. The zero-order valence-electron chi connectivity index (χ0n) is 18.1. The van der Waals surface area contributed by atoms with Crippen LogP contribution in [0.3, 0.4) is 0 Å². The smallest absolute Gasteiger partial charge is 0.392 e. The fourth-order valence-corrected chi connectivity index (χ4v) is 3.60. The first-order valence-corrected chi connectivity index (χ1v) is 10.4. The second-order valence-electron chi connectivity index (χ2n) is 8.32. The number of hydrogen-bond acceptors (Lipinski definition) is 3. The second-order valence-corrected chi connectivity index (χ2v) is 8.32. The Morgan fingerprint density at radius 2 is 1.42 bits per heavy atom. The maximum atomic E-state index is 13.7. The van der Waals surface area contributed by atoms with Gasteiger partial charge in [-0.3, -0.25) is 4.57 Å². The van der Waals surface area contributed by atoms with Gasteiger partial charge in [-0.15, -0.1) is 0 Å². The van der Waals surface area contributed by atoms with E-state index in [1.165, 1.54) is 32.0 Å². The summed E-state index contributed by atoms with van der Waals surface area (Å²) in [5, 5.41) is 19.7. The Morgan fingerprint density at radius 1 is 0.848 bits per heavy atom. The quantitative estimate of drug-likeness (QED) is 0.394. The minimum absolute atomic E-state index is 0.0361. The molecule has 0 spiro atoms. The Balaban J connectivity index is 1.82. The third-order valence-electron chi connectivity index (χ3n) is 5.42. The summed E-state index contributed by atoms with van der Waals surface area (Å²) in [6.45, 7) is 3.04. The first kappa shape index (κ1) is 22.8. The van der Waals surface area contributed by atoms with Crippen LogP contribution in [0.2, 0.25) is 0 Å². The van der Waals surface area contributed by atoms with E-state index in [9.17, 15) is 23.4 Å². The normalized spacial score (nSPS) is 12.2. The van der Waals surface area contributed by atoms with Gasteiger partial charge in [0.2, 0.25) is 0 Å².